The average Bonchev–Trinajstić information content (AvgIpc) is 2.54. The molecular formula is C13H15BrF2N2O. The highest BCUT2D eigenvalue weighted by atomic mass is 79.9. The van der Waals surface area contributed by atoms with Crippen LogP contribution in [0.15, 0.2) is 16.6 Å². The zero-order chi connectivity index (χ0) is 14.0. The van der Waals surface area contributed by atoms with Gasteiger partial charge in [-0.3, -0.25) is 4.79 Å². The summed E-state index contributed by atoms with van der Waals surface area (Å²) >= 11 is 3.03. The zero-order valence-electron chi connectivity index (χ0n) is 10.5. The number of benzene rings is 1. The Balaban J connectivity index is 2.25. The lowest BCUT2D eigenvalue weighted by atomic mass is 10.1. The quantitative estimate of drug-likeness (QED) is 0.843. The fourth-order valence-electron chi connectivity index (χ4n) is 2.12. The largest absolute Gasteiger partial charge is 0.337 e. The molecule has 1 aliphatic rings. The van der Waals surface area contributed by atoms with E-state index in [4.69, 9.17) is 0 Å². The van der Waals surface area contributed by atoms with Gasteiger partial charge < -0.3 is 10.2 Å². The van der Waals surface area contributed by atoms with Crippen molar-refractivity contribution in [3.8, 4) is 0 Å². The Morgan fingerprint density at radius 2 is 2.21 bits per heavy atom. The van der Waals surface area contributed by atoms with Gasteiger partial charge in [0.05, 0.1) is 17.1 Å². The summed E-state index contributed by atoms with van der Waals surface area (Å²) in [6, 6.07) is 2.20. The van der Waals surface area contributed by atoms with Crippen molar-refractivity contribution in [3.05, 3.63) is 33.8 Å². The Bertz CT molecular complexity index is 496. The second kappa shape index (κ2) is 5.96. The maximum atomic E-state index is 13.9. The van der Waals surface area contributed by atoms with Gasteiger partial charge in [-0.2, -0.15) is 0 Å². The third-order valence-corrected chi connectivity index (χ3v) is 3.84. The summed E-state index contributed by atoms with van der Waals surface area (Å²) in [4.78, 5) is 13.6. The fraction of sp³-hybridized carbons (Fsp3) is 0.462. The summed E-state index contributed by atoms with van der Waals surface area (Å²) in [7, 11) is 0. The monoisotopic (exact) mass is 332 g/mol. The van der Waals surface area contributed by atoms with E-state index in [-0.39, 0.29) is 28.5 Å². The molecule has 1 aromatic rings. The first kappa shape index (κ1) is 14.4. The highest BCUT2D eigenvalue weighted by Gasteiger charge is 2.25. The van der Waals surface area contributed by atoms with Gasteiger partial charge >= 0.3 is 0 Å². The van der Waals surface area contributed by atoms with Crippen LogP contribution in [0.1, 0.15) is 18.9 Å². The van der Waals surface area contributed by atoms with E-state index in [0.717, 1.165) is 13.0 Å². The second-order valence-electron chi connectivity index (χ2n) is 4.61. The van der Waals surface area contributed by atoms with Gasteiger partial charge in [0.1, 0.15) is 11.6 Å². The van der Waals surface area contributed by atoms with Gasteiger partial charge in [0.2, 0.25) is 5.91 Å². The standard InChI is InChI=1S/C13H15BrF2N2O/c1-8-13(19)18(6-2-5-17-8)7-9-11(15)4-3-10(14)12(9)16/h3-4,8,17H,2,5-7H2,1H3. The van der Waals surface area contributed by atoms with Crippen molar-refractivity contribution < 1.29 is 13.6 Å². The molecule has 1 N–H and O–H groups in total. The molecule has 1 aliphatic heterocycles. The SMILES string of the molecule is CC1NCCCN(Cc2c(F)ccc(Br)c2F)C1=O. The van der Waals surface area contributed by atoms with E-state index in [0.29, 0.717) is 6.54 Å². The van der Waals surface area contributed by atoms with Gasteiger partial charge in [-0.1, -0.05) is 0 Å². The highest BCUT2D eigenvalue weighted by molar-refractivity contribution is 9.10. The molecule has 104 valence electrons. The van der Waals surface area contributed by atoms with E-state index in [1.165, 1.54) is 17.0 Å². The topological polar surface area (TPSA) is 32.3 Å². The van der Waals surface area contributed by atoms with Gasteiger partial charge in [-0.25, -0.2) is 8.78 Å². The summed E-state index contributed by atoms with van der Waals surface area (Å²) < 4.78 is 27.8. The Morgan fingerprint density at radius 3 is 2.95 bits per heavy atom. The van der Waals surface area contributed by atoms with Crippen LogP contribution in [0, 0.1) is 11.6 Å². The number of amides is 1. The normalized spacial score (nSPS) is 20.5. The molecule has 6 heteroatoms. The Kier molecular flexibility index (Phi) is 4.52. The number of halogens is 3. The summed E-state index contributed by atoms with van der Waals surface area (Å²) in [5.74, 6) is -1.40. The number of carbonyl (C=O) groups excluding carboxylic acids is 1. The molecule has 2 rings (SSSR count). The average molecular weight is 333 g/mol. The number of rotatable bonds is 2. The number of nitrogens with zero attached hydrogens (tertiary/aromatic N) is 1. The van der Waals surface area contributed by atoms with E-state index >= 15 is 0 Å². The molecule has 0 aromatic heterocycles. The van der Waals surface area contributed by atoms with Crippen LogP contribution in [0.2, 0.25) is 0 Å². The lowest BCUT2D eigenvalue weighted by molar-refractivity contribution is -0.132. The molecule has 0 bridgehead atoms. The molecule has 1 aromatic carbocycles. The van der Waals surface area contributed by atoms with Crippen LogP contribution in [0.4, 0.5) is 8.78 Å². The Labute approximate surface area is 119 Å². The molecule has 1 unspecified atom stereocenters. The van der Waals surface area contributed by atoms with Crippen LogP contribution in [-0.4, -0.2) is 29.9 Å². The lowest BCUT2D eigenvalue weighted by Crippen LogP contribution is -2.41. The van der Waals surface area contributed by atoms with Gasteiger partial charge in [-0.05, 0) is 48.0 Å². The first-order valence-corrected chi connectivity index (χ1v) is 6.94. The van der Waals surface area contributed by atoms with E-state index in [9.17, 15) is 13.6 Å². The zero-order valence-corrected chi connectivity index (χ0v) is 12.1. The predicted molar refractivity (Wildman–Crippen MR) is 71.6 cm³/mol. The molecule has 1 saturated heterocycles. The van der Waals surface area contributed by atoms with Crippen molar-refractivity contribution >= 4 is 21.8 Å². The molecule has 1 fully saturated rings. The second-order valence-corrected chi connectivity index (χ2v) is 5.47. The van der Waals surface area contributed by atoms with Crippen LogP contribution >= 0.6 is 15.9 Å². The molecule has 3 nitrogen and oxygen atoms in total. The first-order valence-electron chi connectivity index (χ1n) is 6.15. The van der Waals surface area contributed by atoms with Crippen LogP contribution in [0.5, 0.6) is 0 Å². The third-order valence-electron chi connectivity index (χ3n) is 3.23. The van der Waals surface area contributed by atoms with Crippen LogP contribution in [0.25, 0.3) is 0 Å². The first-order chi connectivity index (χ1) is 9.00. The maximum Gasteiger partial charge on any atom is 0.239 e. The number of carbonyl (C=O) groups is 1. The van der Waals surface area contributed by atoms with Crippen molar-refractivity contribution in [2.45, 2.75) is 25.9 Å². The Hall–Kier alpha value is -1.01. The van der Waals surface area contributed by atoms with Crippen molar-refractivity contribution in [1.82, 2.24) is 10.2 Å². The van der Waals surface area contributed by atoms with Crippen molar-refractivity contribution in [1.29, 1.82) is 0 Å². The molecule has 19 heavy (non-hydrogen) atoms. The highest BCUT2D eigenvalue weighted by Crippen LogP contribution is 2.23. The smallest absolute Gasteiger partial charge is 0.239 e. The van der Waals surface area contributed by atoms with Crippen molar-refractivity contribution in [2.75, 3.05) is 13.1 Å². The summed E-state index contributed by atoms with van der Waals surface area (Å²) in [6.07, 6.45) is 0.771. The van der Waals surface area contributed by atoms with E-state index in [1.54, 1.807) is 6.92 Å². The maximum absolute atomic E-state index is 13.9. The van der Waals surface area contributed by atoms with E-state index in [2.05, 4.69) is 21.2 Å². The molecule has 1 atom stereocenters. The van der Waals surface area contributed by atoms with E-state index < -0.39 is 11.6 Å². The van der Waals surface area contributed by atoms with Crippen LogP contribution in [0.3, 0.4) is 0 Å². The van der Waals surface area contributed by atoms with Gasteiger partial charge in [0.25, 0.3) is 0 Å². The summed E-state index contributed by atoms with van der Waals surface area (Å²) in [6.45, 7) is 2.95. The Morgan fingerprint density at radius 1 is 1.47 bits per heavy atom. The van der Waals surface area contributed by atoms with Crippen molar-refractivity contribution in [3.63, 3.8) is 0 Å². The summed E-state index contributed by atoms with van der Waals surface area (Å²) in [5.41, 5.74) is -0.0724. The van der Waals surface area contributed by atoms with Crippen LogP contribution < -0.4 is 5.32 Å². The van der Waals surface area contributed by atoms with Gasteiger partial charge in [0, 0.05) is 12.1 Å². The van der Waals surface area contributed by atoms with Gasteiger partial charge in [0.15, 0.2) is 0 Å². The molecule has 0 radical (unpaired) electrons. The third kappa shape index (κ3) is 3.12. The number of hydrogen-bond acceptors (Lipinski definition) is 2. The predicted octanol–water partition coefficient (Wildman–Crippen LogP) is 2.44. The molecule has 1 heterocycles. The molecule has 0 spiro atoms. The fourth-order valence-corrected chi connectivity index (χ4v) is 2.49. The minimum Gasteiger partial charge on any atom is -0.337 e. The van der Waals surface area contributed by atoms with Crippen LogP contribution in [-0.2, 0) is 11.3 Å². The van der Waals surface area contributed by atoms with E-state index in [1.807, 2.05) is 0 Å². The molecule has 1 amide bonds. The van der Waals surface area contributed by atoms with Gasteiger partial charge in [-0.15, -0.1) is 0 Å². The van der Waals surface area contributed by atoms with Crippen molar-refractivity contribution in [2.24, 2.45) is 0 Å². The number of nitrogens with one attached hydrogen (secondary N) is 1. The molecule has 0 saturated carbocycles. The summed E-state index contributed by atoms with van der Waals surface area (Å²) in [5, 5.41) is 3.06. The molecular weight excluding hydrogens is 318 g/mol. The minimum atomic E-state index is -0.641. The molecule has 0 aliphatic carbocycles. The lowest BCUT2D eigenvalue weighted by Gasteiger charge is -2.23. The number of hydrogen-bond donors (Lipinski definition) is 1. The minimum absolute atomic E-state index is 0.0397.